The van der Waals surface area contributed by atoms with Gasteiger partial charge in [0.1, 0.15) is 11.5 Å². The van der Waals surface area contributed by atoms with Gasteiger partial charge in [0.25, 0.3) is 0 Å². The van der Waals surface area contributed by atoms with Crippen molar-refractivity contribution in [1.29, 1.82) is 0 Å². The number of phosphoric ester groups is 1. The quantitative estimate of drug-likeness (QED) is 0.542. The first-order valence-electron chi connectivity index (χ1n) is 8.64. The van der Waals surface area contributed by atoms with Gasteiger partial charge in [0, 0.05) is 0 Å². The topological polar surface area (TPSA) is 55.8 Å². The van der Waals surface area contributed by atoms with Crippen LogP contribution in [0.25, 0.3) is 0 Å². The Morgan fingerprint density at radius 1 is 0.667 bits per heavy atom. The minimum atomic E-state index is -4.14. The van der Waals surface area contributed by atoms with Crippen molar-refractivity contribution >= 4 is 7.82 Å². The van der Waals surface area contributed by atoms with E-state index in [0.717, 1.165) is 0 Å². The van der Waals surface area contributed by atoms with E-state index < -0.39 is 7.82 Å². The maximum absolute atomic E-state index is 11.7. The van der Waals surface area contributed by atoms with E-state index in [2.05, 4.69) is 51.1 Å². The zero-order valence-corrected chi connectivity index (χ0v) is 16.7. The molecule has 27 heavy (non-hydrogen) atoms. The van der Waals surface area contributed by atoms with Gasteiger partial charge in [-0.1, -0.05) is 87.5 Å². The summed E-state index contributed by atoms with van der Waals surface area (Å²) in [6.07, 6.45) is 0. The zero-order chi connectivity index (χ0) is 19.8. The minimum Gasteiger partial charge on any atom is -0.395 e. The predicted molar refractivity (Wildman–Crippen MR) is 109 cm³/mol. The van der Waals surface area contributed by atoms with E-state index in [1.807, 2.05) is 0 Å². The molecule has 5 heteroatoms. The molecule has 0 radical (unpaired) electrons. The van der Waals surface area contributed by atoms with E-state index >= 15 is 0 Å². The average molecular weight is 384 g/mol. The molecule has 3 rings (SSSR count). The molecule has 0 aliphatic heterocycles. The van der Waals surface area contributed by atoms with Crippen LogP contribution < -0.4 is 9.05 Å². The van der Waals surface area contributed by atoms with Crippen molar-refractivity contribution in [3.63, 3.8) is 0 Å². The average Bonchev–Trinajstić information content (AvgIpc) is 2.63. The van der Waals surface area contributed by atoms with Crippen molar-refractivity contribution in [3.05, 3.63) is 96.6 Å². The SMILES string of the molecule is CC(C)(C)c1ccccc1.O=P(O)(Oc1ccccc1)Oc1ccccc1. The van der Waals surface area contributed by atoms with E-state index in [-0.39, 0.29) is 11.5 Å². The Morgan fingerprint density at radius 3 is 1.30 bits per heavy atom. The third-order valence-electron chi connectivity index (χ3n) is 3.57. The molecular formula is C22H25O4P. The number of phosphoric acid groups is 1. The standard InChI is InChI=1S/C12H11O4P.C10H14/c13-17(14,15-11-7-3-1-4-8-11)16-12-9-5-2-6-10-12;1-10(2,3)9-7-5-4-6-8-9/h1-10H,(H,13,14);4-8H,1-3H3. The van der Waals surface area contributed by atoms with Crippen molar-refractivity contribution in [1.82, 2.24) is 0 Å². The molecule has 0 aliphatic rings. The molecule has 0 spiro atoms. The van der Waals surface area contributed by atoms with E-state index in [1.54, 1.807) is 60.7 Å². The van der Waals surface area contributed by atoms with Gasteiger partial charge in [0.05, 0.1) is 0 Å². The molecule has 0 saturated heterocycles. The van der Waals surface area contributed by atoms with E-state index in [4.69, 9.17) is 9.05 Å². The zero-order valence-electron chi connectivity index (χ0n) is 15.8. The van der Waals surface area contributed by atoms with E-state index in [1.165, 1.54) is 5.56 Å². The summed E-state index contributed by atoms with van der Waals surface area (Å²) in [5, 5.41) is 0. The maximum atomic E-state index is 11.7. The molecule has 0 aromatic heterocycles. The molecule has 4 nitrogen and oxygen atoms in total. The van der Waals surface area contributed by atoms with Gasteiger partial charge >= 0.3 is 7.82 Å². The number of rotatable bonds is 4. The number of benzene rings is 3. The molecule has 0 unspecified atom stereocenters. The normalized spacial score (nSPS) is 11.1. The Labute approximate surface area is 161 Å². The summed E-state index contributed by atoms with van der Waals surface area (Å²) in [5.41, 5.74) is 1.69. The summed E-state index contributed by atoms with van der Waals surface area (Å²) >= 11 is 0. The monoisotopic (exact) mass is 384 g/mol. The Kier molecular flexibility index (Phi) is 7.23. The second kappa shape index (κ2) is 9.40. The first kappa shape index (κ1) is 20.8. The molecule has 0 aliphatic carbocycles. The van der Waals surface area contributed by atoms with Gasteiger partial charge in [-0.25, -0.2) is 4.57 Å². The molecule has 0 heterocycles. The lowest BCUT2D eigenvalue weighted by Gasteiger charge is -2.18. The third kappa shape index (κ3) is 7.69. The highest BCUT2D eigenvalue weighted by Crippen LogP contribution is 2.44. The highest BCUT2D eigenvalue weighted by Gasteiger charge is 2.24. The van der Waals surface area contributed by atoms with Gasteiger partial charge in [-0.3, -0.25) is 4.89 Å². The molecule has 3 aromatic carbocycles. The molecular weight excluding hydrogens is 359 g/mol. The Morgan fingerprint density at radius 2 is 1.00 bits per heavy atom. The van der Waals surface area contributed by atoms with Gasteiger partial charge in [-0.2, -0.15) is 0 Å². The summed E-state index contributed by atoms with van der Waals surface area (Å²) in [7, 11) is -4.14. The van der Waals surface area contributed by atoms with Crippen LogP contribution in [-0.4, -0.2) is 4.89 Å². The maximum Gasteiger partial charge on any atom is 0.584 e. The number of para-hydroxylation sites is 2. The second-order valence-corrected chi connectivity index (χ2v) is 8.20. The van der Waals surface area contributed by atoms with Gasteiger partial charge < -0.3 is 9.05 Å². The Hall–Kier alpha value is -2.55. The smallest absolute Gasteiger partial charge is 0.395 e. The second-order valence-electron chi connectivity index (χ2n) is 6.89. The van der Waals surface area contributed by atoms with Gasteiger partial charge in [0.2, 0.25) is 0 Å². The van der Waals surface area contributed by atoms with Crippen molar-refractivity contribution < 1.29 is 18.5 Å². The van der Waals surface area contributed by atoms with Crippen molar-refractivity contribution in [2.24, 2.45) is 0 Å². The van der Waals surface area contributed by atoms with Crippen LogP contribution in [0.2, 0.25) is 0 Å². The van der Waals surface area contributed by atoms with E-state index in [0.29, 0.717) is 5.41 Å². The Balaban J connectivity index is 0.000000223. The molecule has 0 bridgehead atoms. The van der Waals surface area contributed by atoms with Crippen LogP contribution in [0, 0.1) is 0 Å². The molecule has 0 atom stereocenters. The fraction of sp³-hybridized carbons (Fsp3) is 0.182. The lowest BCUT2D eigenvalue weighted by Crippen LogP contribution is -2.10. The number of hydrogen-bond acceptors (Lipinski definition) is 3. The highest BCUT2D eigenvalue weighted by molar-refractivity contribution is 7.48. The van der Waals surface area contributed by atoms with Crippen LogP contribution in [0.3, 0.4) is 0 Å². The van der Waals surface area contributed by atoms with Gasteiger partial charge in [-0.15, -0.1) is 0 Å². The van der Waals surface area contributed by atoms with Crippen molar-refractivity contribution in [2.75, 3.05) is 0 Å². The molecule has 142 valence electrons. The fourth-order valence-corrected chi connectivity index (χ4v) is 3.00. The molecule has 0 amide bonds. The van der Waals surface area contributed by atoms with Crippen molar-refractivity contribution in [3.8, 4) is 11.5 Å². The predicted octanol–water partition coefficient (Wildman–Crippen LogP) is 6.23. The van der Waals surface area contributed by atoms with Gasteiger partial charge in [0.15, 0.2) is 0 Å². The van der Waals surface area contributed by atoms with E-state index in [9.17, 15) is 9.46 Å². The van der Waals surface area contributed by atoms with Crippen LogP contribution in [0.15, 0.2) is 91.0 Å². The largest absolute Gasteiger partial charge is 0.584 e. The van der Waals surface area contributed by atoms with Crippen LogP contribution in [0.5, 0.6) is 11.5 Å². The van der Waals surface area contributed by atoms with Crippen molar-refractivity contribution in [2.45, 2.75) is 26.2 Å². The summed E-state index contributed by atoms with van der Waals surface area (Å²) in [6.45, 7) is 6.67. The first-order valence-corrected chi connectivity index (χ1v) is 10.1. The number of hydrogen-bond donors (Lipinski definition) is 1. The summed E-state index contributed by atoms with van der Waals surface area (Å²) in [6, 6.07) is 27.3. The lowest BCUT2D eigenvalue weighted by atomic mass is 9.87. The van der Waals surface area contributed by atoms with Gasteiger partial charge in [-0.05, 0) is 35.2 Å². The minimum absolute atomic E-state index is 0.286. The van der Waals surface area contributed by atoms with Crippen LogP contribution in [0.4, 0.5) is 0 Å². The highest BCUT2D eigenvalue weighted by atomic mass is 31.2. The molecule has 1 N–H and O–H groups in total. The Bertz CT molecular complexity index is 798. The lowest BCUT2D eigenvalue weighted by molar-refractivity contribution is 0.291. The van der Waals surface area contributed by atoms with Crippen LogP contribution in [-0.2, 0) is 9.98 Å². The summed E-state index contributed by atoms with van der Waals surface area (Å²) < 4.78 is 21.5. The van der Waals surface area contributed by atoms with Crippen LogP contribution >= 0.6 is 7.82 Å². The van der Waals surface area contributed by atoms with Crippen LogP contribution in [0.1, 0.15) is 26.3 Å². The first-order chi connectivity index (χ1) is 12.8. The fourth-order valence-electron chi connectivity index (χ4n) is 2.19. The molecule has 3 aromatic rings. The molecule has 0 fully saturated rings. The summed E-state index contributed by atoms with van der Waals surface area (Å²) in [5.74, 6) is 0.573. The summed E-state index contributed by atoms with van der Waals surface area (Å²) in [4.78, 5) is 9.53. The molecule has 0 saturated carbocycles. The third-order valence-corrected chi connectivity index (χ3v) is 4.45.